The van der Waals surface area contributed by atoms with Gasteiger partial charge in [-0.25, -0.2) is 0 Å². The Morgan fingerprint density at radius 2 is 1.77 bits per heavy atom. The number of methoxy groups -OCH3 is 1. The first kappa shape index (κ1) is 21.9. The normalized spacial score (nSPS) is 17.5. The SMILES string of the molecule is CCC1=C(C)C2=C(c3ccc(Cl)c(OC)c3)c3c(C)c(CC)c(C)n3[B-](F)(F)[N+]2=C1C. The molecule has 0 radical (unpaired) electrons. The van der Waals surface area contributed by atoms with E-state index in [1.165, 1.54) is 8.96 Å². The van der Waals surface area contributed by atoms with Crippen molar-refractivity contribution in [1.82, 2.24) is 4.48 Å². The highest BCUT2D eigenvalue weighted by Crippen LogP contribution is 2.47. The molecule has 0 bridgehead atoms. The van der Waals surface area contributed by atoms with Gasteiger partial charge in [0.2, 0.25) is 0 Å². The molecule has 3 heterocycles. The van der Waals surface area contributed by atoms with Gasteiger partial charge in [0.25, 0.3) is 0 Å². The molecule has 0 N–H and O–H groups in total. The number of nitrogens with zero attached hydrogens (tertiary/aromatic N) is 2. The summed E-state index contributed by atoms with van der Waals surface area (Å²) in [5.74, 6) is 0.529. The maximum atomic E-state index is 16.2. The van der Waals surface area contributed by atoms with Crippen LogP contribution in [0.3, 0.4) is 0 Å². The van der Waals surface area contributed by atoms with Crippen molar-refractivity contribution in [3.05, 3.63) is 68.1 Å². The number of rotatable bonds is 4. The molecule has 1 aromatic heterocycles. The number of halogens is 3. The van der Waals surface area contributed by atoms with Crippen molar-refractivity contribution < 1.29 is 17.9 Å². The van der Waals surface area contributed by atoms with Crippen LogP contribution in [0.25, 0.3) is 5.57 Å². The third-order valence-corrected chi connectivity index (χ3v) is 7.25. The van der Waals surface area contributed by atoms with Gasteiger partial charge in [0.1, 0.15) is 11.5 Å². The monoisotopic (exact) mass is 444 g/mol. The number of aromatic nitrogens is 1. The van der Waals surface area contributed by atoms with Crippen molar-refractivity contribution in [2.45, 2.75) is 54.4 Å². The van der Waals surface area contributed by atoms with Gasteiger partial charge in [0.15, 0.2) is 5.70 Å². The van der Waals surface area contributed by atoms with Crippen LogP contribution in [0.2, 0.25) is 5.02 Å². The first-order valence-electron chi connectivity index (χ1n) is 10.8. The number of hydrogen-bond acceptors (Lipinski definition) is 1. The largest absolute Gasteiger partial charge is 0.737 e. The second-order valence-corrected chi connectivity index (χ2v) is 8.74. The van der Waals surface area contributed by atoms with Gasteiger partial charge >= 0.3 is 6.97 Å². The van der Waals surface area contributed by atoms with Crippen molar-refractivity contribution >= 4 is 29.9 Å². The van der Waals surface area contributed by atoms with Crippen molar-refractivity contribution in [2.24, 2.45) is 0 Å². The van der Waals surface area contributed by atoms with Crippen molar-refractivity contribution in [3.8, 4) is 5.75 Å². The van der Waals surface area contributed by atoms with Crippen LogP contribution in [0.4, 0.5) is 8.63 Å². The summed E-state index contributed by atoms with van der Waals surface area (Å²) >= 11 is 6.29. The second-order valence-electron chi connectivity index (χ2n) is 8.33. The van der Waals surface area contributed by atoms with Crippen LogP contribution in [-0.4, -0.2) is 28.8 Å². The Bertz CT molecular complexity index is 1220. The number of allylic oxidation sites excluding steroid dienone is 2. The maximum Gasteiger partial charge on any atom is 0.737 e. The molecule has 0 atom stereocenters. The fourth-order valence-electron chi connectivity index (χ4n) is 5.57. The van der Waals surface area contributed by atoms with E-state index in [2.05, 4.69) is 0 Å². The molecule has 0 amide bonds. The Kier molecular flexibility index (Phi) is 5.20. The summed E-state index contributed by atoms with van der Waals surface area (Å²) in [5, 5.41) is 0.493. The van der Waals surface area contributed by atoms with Gasteiger partial charge in [-0.05, 0) is 68.1 Å². The second kappa shape index (κ2) is 7.37. The Hall–Kier alpha value is -2.34. The van der Waals surface area contributed by atoms with Crippen molar-refractivity contribution in [1.29, 1.82) is 0 Å². The van der Waals surface area contributed by atoms with E-state index in [1.54, 1.807) is 13.2 Å². The Morgan fingerprint density at radius 3 is 2.35 bits per heavy atom. The van der Waals surface area contributed by atoms with Crippen LogP contribution in [-0.2, 0) is 6.42 Å². The number of ether oxygens (including phenoxy) is 1. The average molecular weight is 445 g/mol. The topological polar surface area (TPSA) is 17.2 Å². The lowest BCUT2D eigenvalue weighted by molar-refractivity contribution is -0.363. The highest BCUT2D eigenvalue weighted by Gasteiger charge is 2.56. The number of fused-ring (bicyclic) bond motifs is 2. The lowest BCUT2D eigenvalue weighted by atomic mass is 9.83. The molecule has 31 heavy (non-hydrogen) atoms. The molecule has 2 aliphatic rings. The molecule has 0 fully saturated rings. The lowest BCUT2D eigenvalue weighted by Gasteiger charge is -2.34. The van der Waals surface area contributed by atoms with E-state index in [9.17, 15) is 0 Å². The average Bonchev–Trinajstić information content (AvgIpc) is 3.13. The van der Waals surface area contributed by atoms with E-state index in [1.807, 2.05) is 53.7 Å². The zero-order chi connectivity index (χ0) is 22.8. The van der Waals surface area contributed by atoms with Crippen LogP contribution >= 0.6 is 11.6 Å². The summed E-state index contributed by atoms with van der Waals surface area (Å²) in [6.07, 6.45) is 1.40. The fourth-order valence-corrected chi connectivity index (χ4v) is 5.76. The van der Waals surface area contributed by atoms with Gasteiger partial charge in [-0.15, -0.1) is 0 Å². The van der Waals surface area contributed by atoms with E-state index in [-0.39, 0.29) is 0 Å². The molecule has 3 nitrogen and oxygen atoms in total. The molecule has 2 aromatic rings. The van der Waals surface area contributed by atoms with Gasteiger partial charge in [0.05, 0.1) is 17.7 Å². The zero-order valence-corrected chi connectivity index (χ0v) is 19.9. The molecule has 0 aliphatic carbocycles. The van der Waals surface area contributed by atoms with Crippen LogP contribution < -0.4 is 4.74 Å². The van der Waals surface area contributed by atoms with Gasteiger partial charge in [0, 0.05) is 23.8 Å². The third-order valence-electron chi connectivity index (χ3n) is 6.94. The van der Waals surface area contributed by atoms with Crippen LogP contribution in [0.1, 0.15) is 62.2 Å². The Balaban J connectivity index is 2.22. The summed E-state index contributed by atoms with van der Waals surface area (Å²) in [4.78, 5) is 0. The van der Waals surface area contributed by atoms with Gasteiger partial charge < -0.3 is 22.3 Å². The summed E-state index contributed by atoms with van der Waals surface area (Å²) in [5.41, 5.74) is 7.86. The van der Waals surface area contributed by atoms with Crippen molar-refractivity contribution in [3.63, 3.8) is 0 Å². The minimum atomic E-state index is -4.02. The zero-order valence-electron chi connectivity index (χ0n) is 19.2. The maximum absolute atomic E-state index is 16.2. The number of benzene rings is 1. The predicted molar refractivity (Wildman–Crippen MR) is 125 cm³/mol. The molecule has 0 spiro atoms. The molecular weight excluding hydrogens is 417 g/mol. The molecule has 0 unspecified atom stereocenters. The molecule has 1 aromatic carbocycles. The van der Waals surface area contributed by atoms with Crippen LogP contribution in [0.5, 0.6) is 5.75 Å². The van der Waals surface area contributed by atoms with E-state index < -0.39 is 6.97 Å². The predicted octanol–water partition coefficient (Wildman–Crippen LogP) is 6.54. The number of hydrogen-bond donors (Lipinski definition) is 0. The minimum absolute atomic E-state index is 0.493. The van der Waals surface area contributed by atoms with Gasteiger partial charge in [-0.2, -0.15) is 0 Å². The highest BCUT2D eigenvalue weighted by atomic mass is 35.5. The molecular formula is C24H28BClF2N2O. The fraction of sp³-hybridized carbons (Fsp3) is 0.375. The Labute approximate surface area is 187 Å². The first-order chi connectivity index (χ1) is 14.6. The Morgan fingerprint density at radius 1 is 1.10 bits per heavy atom. The molecule has 4 rings (SSSR count). The summed E-state index contributed by atoms with van der Waals surface area (Å²) in [7, 11) is 1.56. The summed E-state index contributed by atoms with van der Waals surface area (Å²) in [6, 6.07) is 5.52. The van der Waals surface area contributed by atoms with E-state index in [4.69, 9.17) is 16.3 Å². The minimum Gasteiger partial charge on any atom is -0.495 e. The lowest BCUT2D eigenvalue weighted by Crippen LogP contribution is -2.51. The summed E-state index contributed by atoms with van der Waals surface area (Å²) < 4.78 is 40.4. The van der Waals surface area contributed by atoms with Crippen molar-refractivity contribution in [2.75, 3.05) is 7.11 Å². The van der Waals surface area contributed by atoms with E-state index in [0.717, 1.165) is 33.4 Å². The third kappa shape index (κ3) is 2.80. The van der Waals surface area contributed by atoms with E-state index in [0.29, 0.717) is 46.4 Å². The smallest absolute Gasteiger partial charge is 0.495 e. The molecule has 2 aliphatic heterocycles. The summed E-state index contributed by atoms with van der Waals surface area (Å²) in [6.45, 7) is 7.54. The quantitative estimate of drug-likeness (QED) is 0.489. The molecule has 7 heteroatoms. The van der Waals surface area contributed by atoms with Gasteiger partial charge in [-0.3, -0.25) is 0 Å². The van der Waals surface area contributed by atoms with Crippen LogP contribution in [0.15, 0.2) is 35.0 Å². The molecule has 0 saturated heterocycles. The molecule has 164 valence electrons. The first-order valence-corrected chi connectivity index (χ1v) is 11.1. The molecule has 0 saturated carbocycles. The van der Waals surface area contributed by atoms with E-state index >= 15 is 8.63 Å². The van der Waals surface area contributed by atoms with Gasteiger partial charge in [-0.1, -0.05) is 31.5 Å². The standard InChI is InChI=1S/C24H28BClF2N2O/c1-8-18-13(3)23-22(17-10-11-20(26)21(12-17)31-7)24-14(4)19(9-2)16(6)30(24)25(27,28)29(23)15(18)5/h10-12H,8-9H2,1-7H3. The highest BCUT2D eigenvalue weighted by molar-refractivity contribution is 6.58. The van der Waals surface area contributed by atoms with Crippen LogP contribution in [0, 0.1) is 13.8 Å².